The number of fused-ring (bicyclic) bond motifs is 1. The Kier molecular flexibility index (Phi) is 3.07. The predicted octanol–water partition coefficient (Wildman–Crippen LogP) is 2.44. The topological polar surface area (TPSA) is 60.9 Å². The molecule has 0 spiro atoms. The molecule has 1 aromatic carbocycles. The largest absolute Gasteiger partial charge is 0.387 e. The number of aliphatic hydroxyl groups is 1. The van der Waals surface area contributed by atoms with Gasteiger partial charge in [0.2, 0.25) is 0 Å². The van der Waals surface area contributed by atoms with Gasteiger partial charge in [0.15, 0.2) is 0 Å². The van der Waals surface area contributed by atoms with Gasteiger partial charge in [-0.25, -0.2) is 0 Å². The van der Waals surface area contributed by atoms with Gasteiger partial charge in [0.25, 0.3) is 0 Å². The molecule has 19 heavy (non-hydrogen) atoms. The normalized spacial score (nSPS) is 19.3. The van der Waals surface area contributed by atoms with Crippen LogP contribution >= 0.6 is 0 Å². The van der Waals surface area contributed by atoms with E-state index in [1.54, 1.807) is 0 Å². The average molecular weight is 259 g/mol. The Hall–Kier alpha value is -1.39. The van der Waals surface area contributed by atoms with E-state index in [-0.39, 0.29) is 5.54 Å². The number of rotatable bonds is 4. The molecule has 1 atom stereocenters. The Morgan fingerprint density at radius 3 is 2.95 bits per heavy atom. The minimum Gasteiger partial charge on any atom is -0.387 e. The highest BCUT2D eigenvalue weighted by Gasteiger charge is 2.31. The Morgan fingerprint density at radius 1 is 1.47 bits per heavy atom. The van der Waals surface area contributed by atoms with Gasteiger partial charge < -0.3 is 10.4 Å². The lowest BCUT2D eigenvalue weighted by atomic mass is 9.78. The van der Waals surface area contributed by atoms with E-state index in [1.165, 1.54) is 19.3 Å². The molecule has 1 heterocycles. The number of aromatic amines is 1. The molecule has 0 aliphatic heterocycles. The van der Waals surface area contributed by atoms with Gasteiger partial charge in [0.05, 0.1) is 11.6 Å². The summed E-state index contributed by atoms with van der Waals surface area (Å²) in [6.45, 7) is 4.82. The predicted molar refractivity (Wildman–Crippen MR) is 76.0 cm³/mol. The SMILES string of the molecule is Cc1[nH]nc2cccc([C@@H](O)CNC3(C)CCC3)c12. The third kappa shape index (κ3) is 2.26. The van der Waals surface area contributed by atoms with Gasteiger partial charge in [-0.3, -0.25) is 5.10 Å². The van der Waals surface area contributed by atoms with E-state index >= 15 is 0 Å². The first kappa shape index (κ1) is 12.6. The van der Waals surface area contributed by atoms with E-state index in [4.69, 9.17) is 0 Å². The van der Waals surface area contributed by atoms with Crippen molar-refractivity contribution in [1.29, 1.82) is 0 Å². The number of hydrogen-bond donors (Lipinski definition) is 3. The Morgan fingerprint density at radius 2 is 2.26 bits per heavy atom. The summed E-state index contributed by atoms with van der Waals surface area (Å²) in [6, 6.07) is 5.91. The van der Waals surface area contributed by atoms with Gasteiger partial charge in [-0.2, -0.15) is 5.10 Å². The second-order valence-electron chi connectivity index (χ2n) is 5.90. The van der Waals surface area contributed by atoms with Crippen molar-refractivity contribution in [3.05, 3.63) is 29.5 Å². The van der Waals surface area contributed by atoms with Crippen LogP contribution in [0.2, 0.25) is 0 Å². The third-order valence-corrected chi connectivity index (χ3v) is 4.33. The maximum atomic E-state index is 10.4. The van der Waals surface area contributed by atoms with E-state index in [1.807, 2.05) is 25.1 Å². The van der Waals surface area contributed by atoms with Crippen LogP contribution in [0.4, 0.5) is 0 Å². The number of H-pyrrole nitrogens is 1. The van der Waals surface area contributed by atoms with E-state index in [2.05, 4.69) is 22.4 Å². The van der Waals surface area contributed by atoms with Crippen LogP contribution in [0, 0.1) is 6.92 Å². The number of benzene rings is 1. The summed E-state index contributed by atoms with van der Waals surface area (Å²) in [5.41, 5.74) is 3.11. The van der Waals surface area contributed by atoms with Crippen molar-refractivity contribution in [1.82, 2.24) is 15.5 Å². The Balaban J connectivity index is 1.81. The quantitative estimate of drug-likeness (QED) is 0.790. The summed E-state index contributed by atoms with van der Waals surface area (Å²) in [6.07, 6.45) is 3.21. The smallest absolute Gasteiger partial charge is 0.0927 e. The zero-order valence-corrected chi connectivity index (χ0v) is 11.5. The number of nitrogens with one attached hydrogen (secondary N) is 2. The second-order valence-corrected chi connectivity index (χ2v) is 5.90. The molecule has 102 valence electrons. The van der Waals surface area contributed by atoms with Gasteiger partial charge in [-0.05, 0) is 44.7 Å². The Bertz CT molecular complexity index is 586. The Labute approximate surface area is 113 Å². The molecule has 1 aliphatic carbocycles. The molecule has 0 saturated heterocycles. The molecule has 2 aromatic rings. The number of aryl methyl sites for hydroxylation is 1. The minimum absolute atomic E-state index is 0.223. The third-order valence-electron chi connectivity index (χ3n) is 4.33. The molecule has 0 radical (unpaired) electrons. The molecule has 0 amide bonds. The summed E-state index contributed by atoms with van der Waals surface area (Å²) in [5, 5.41) is 22.2. The molecule has 1 saturated carbocycles. The maximum absolute atomic E-state index is 10.4. The minimum atomic E-state index is -0.488. The second kappa shape index (κ2) is 4.62. The molecule has 4 nitrogen and oxygen atoms in total. The van der Waals surface area contributed by atoms with Crippen molar-refractivity contribution < 1.29 is 5.11 Å². The van der Waals surface area contributed by atoms with Crippen LogP contribution in [0.15, 0.2) is 18.2 Å². The van der Waals surface area contributed by atoms with Gasteiger partial charge in [-0.15, -0.1) is 0 Å². The molecule has 3 N–H and O–H groups in total. The zero-order chi connectivity index (χ0) is 13.5. The summed E-state index contributed by atoms with van der Waals surface area (Å²) < 4.78 is 0. The van der Waals surface area contributed by atoms with Gasteiger partial charge >= 0.3 is 0 Å². The lowest BCUT2D eigenvalue weighted by Crippen LogP contribution is -2.49. The molecule has 0 bridgehead atoms. The van der Waals surface area contributed by atoms with Crippen LogP contribution in [-0.2, 0) is 0 Å². The molecule has 1 fully saturated rings. The lowest BCUT2D eigenvalue weighted by molar-refractivity contribution is 0.133. The molecule has 4 heteroatoms. The van der Waals surface area contributed by atoms with Crippen LogP contribution in [0.25, 0.3) is 10.9 Å². The van der Waals surface area contributed by atoms with Crippen LogP contribution in [-0.4, -0.2) is 27.4 Å². The fourth-order valence-corrected chi connectivity index (χ4v) is 2.87. The first-order valence-corrected chi connectivity index (χ1v) is 6.96. The van der Waals surface area contributed by atoms with Crippen molar-refractivity contribution in [3.8, 4) is 0 Å². The van der Waals surface area contributed by atoms with Crippen LogP contribution in [0.3, 0.4) is 0 Å². The number of aliphatic hydroxyl groups excluding tert-OH is 1. The van der Waals surface area contributed by atoms with Crippen LogP contribution in [0.5, 0.6) is 0 Å². The average Bonchev–Trinajstić information content (AvgIpc) is 2.76. The highest BCUT2D eigenvalue weighted by molar-refractivity contribution is 5.85. The van der Waals surface area contributed by atoms with E-state index in [9.17, 15) is 5.11 Å². The van der Waals surface area contributed by atoms with E-state index in [0.29, 0.717) is 6.54 Å². The number of nitrogens with zero attached hydrogens (tertiary/aromatic N) is 1. The van der Waals surface area contributed by atoms with Crippen molar-refractivity contribution in [3.63, 3.8) is 0 Å². The first-order valence-electron chi connectivity index (χ1n) is 6.96. The molecular weight excluding hydrogens is 238 g/mol. The van der Waals surface area contributed by atoms with Crippen molar-refractivity contribution >= 4 is 10.9 Å². The molecular formula is C15H21N3O. The van der Waals surface area contributed by atoms with Crippen molar-refractivity contribution in [2.24, 2.45) is 0 Å². The molecule has 1 aliphatic rings. The maximum Gasteiger partial charge on any atom is 0.0927 e. The monoisotopic (exact) mass is 259 g/mol. The highest BCUT2D eigenvalue weighted by Crippen LogP contribution is 2.32. The zero-order valence-electron chi connectivity index (χ0n) is 11.5. The number of aromatic nitrogens is 2. The van der Waals surface area contributed by atoms with Gasteiger partial charge in [0, 0.05) is 23.2 Å². The molecule has 3 rings (SSSR count). The fourth-order valence-electron chi connectivity index (χ4n) is 2.87. The number of hydrogen-bond acceptors (Lipinski definition) is 3. The standard InChI is InChI=1S/C15H21N3O/c1-10-14-11(5-3-6-12(14)18-17-10)13(19)9-16-15(2)7-4-8-15/h3,5-6,13,16,19H,4,7-9H2,1-2H3,(H,17,18)/t13-/m0/s1. The summed E-state index contributed by atoms with van der Waals surface area (Å²) in [5.74, 6) is 0. The summed E-state index contributed by atoms with van der Waals surface area (Å²) >= 11 is 0. The van der Waals surface area contributed by atoms with E-state index in [0.717, 1.165) is 22.2 Å². The summed E-state index contributed by atoms with van der Waals surface area (Å²) in [7, 11) is 0. The summed E-state index contributed by atoms with van der Waals surface area (Å²) in [4.78, 5) is 0. The van der Waals surface area contributed by atoms with Crippen molar-refractivity contribution in [2.45, 2.75) is 44.8 Å². The highest BCUT2D eigenvalue weighted by atomic mass is 16.3. The van der Waals surface area contributed by atoms with Crippen LogP contribution in [0.1, 0.15) is 43.5 Å². The van der Waals surface area contributed by atoms with Crippen molar-refractivity contribution in [2.75, 3.05) is 6.54 Å². The van der Waals surface area contributed by atoms with Gasteiger partial charge in [0.1, 0.15) is 0 Å². The molecule has 0 unspecified atom stereocenters. The number of β-amino-alcohol motifs (C(OH)–C–C–N with tert-alkyl or cyclic N) is 1. The lowest BCUT2D eigenvalue weighted by Gasteiger charge is -2.40. The van der Waals surface area contributed by atoms with Crippen LogP contribution < -0.4 is 5.32 Å². The fraction of sp³-hybridized carbons (Fsp3) is 0.533. The van der Waals surface area contributed by atoms with Gasteiger partial charge in [-0.1, -0.05) is 12.1 Å². The molecule has 1 aromatic heterocycles. The van der Waals surface area contributed by atoms with E-state index < -0.39 is 6.10 Å². The first-order chi connectivity index (χ1) is 9.09.